The summed E-state index contributed by atoms with van der Waals surface area (Å²) in [5.41, 5.74) is 1.15. The number of hydrogen-bond acceptors (Lipinski definition) is 5. The van der Waals surface area contributed by atoms with Crippen LogP contribution in [0.5, 0.6) is 0 Å². The van der Waals surface area contributed by atoms with Crippen molar-refractivity contribution in [2.75, 3.05) is 6.54 Å². The van der Waals surface area contributed by atoms with E-state index in [-0.39, 0.29) is 41.2 Å². The fourth-order valence-corrected chi connectivity index (χ4v) is 3.79. The van der Waals surface area contributed by atoms with E-state index in [0.29, 0.717) is 10.3 Å². The van der Waals surface area contributed by atoms with Crippen LogP contribution in [0.3, 0.4) is 0 Å². The average molecular weight is 470 g/mol. The van der Waals surface area contributed by atoms with E-state index < -0.39 is 23.9 Å². The second kappa shape index (κ2) is 7.94. The fraction of sp³-hybridized carbons (Fsp3) is 0.130. The van der Waals surface area contributed by atoms with E-state index in [9.17, 15) is 27.2 Å². The Kier molecular flexibility index (Phi) is 5.03. The lowest BCUT2D eigenvalue weighted by Gasteiger charge is -2.17. The average Bonchev–Trinajstić information content (AvgIpc) is 3.18. The number of para-hydroxylation sites is 1. The topological polar surface area (TPSA) is 86.1 Å². The van der Waals surface area contributed by atoms with Gasteiger partial charge in [0.2, 0.25) is 0 Å². The second-order valence-corrected chi connectivity index (χ2v) is 7.53. The van der Waals surface area contributed by atoms with Gasteiger partial charge in [0.15, 0.2) is 5.82 Å². The third kappa shape index (κ3) is 3.74. The Bertz CT molecular complexity index is 1460. The van der Waals surface area contributed by atoms with Crippen LogP contribution < -0.4 is 10.2 Å². The normalized spacial score (nSPS) is 13.5. The van der Waals surface area contributed by atoms with Crippen molar-refractivity contribution in [2.45, 2.75) is 12.6 Å². The summed E-state index contributed by atoms with van der Waals surface area (Å²) in [4.78, 5) is 36.9. The summed E-state index contributed by atoms with van der Waals surface area (Å²) in [7, 11) is 0. The van der Waals surface area contributed by atoms with Gasteiger partial charge >= 0.3 is 12.1 Å². The van der Waals surface area contributed by atoms with Crippen LogP contribution in [0.25, 0.3) is 33.4 Å². The predicted molar refractivity (Wildman–Crippen MR) is 112 cm³/mol. The number of rotatable bonds is 3. The van der Waals surface area contributed by atoms with Crippen LogP contribution in [-0.2, 0) is 11.2 Å². The quantitative estimate of drug-likeness (QED) is 0.462. The molecule has 0 aliphatic carbocycles. The monoisotopic (exact) mass is 470 g/mol. The Labute approximate surface area is 189 Å². The maximum Gasteiger partial charge on any atom is 0.493 e. The molecule has 4 heterocycles. The van der Waals surface area contributed by atoms with Crippen LogP contribution in [0.15, 0.2) is 54.9 Å². The van der Waals surface area contributed by atoms with Gasteiger partial charge in [0, 0.05) is 35.7 Å². The minimum absolute atomic E-state index is 0.0126. The van der Waals surface area contributed by atoms with Crippen LogP contribution in [-0.4, -0.2) is 39.3 Å². The Balaban J connectivity index is 1.66. The summed E-state index contributed by atoms with van der Waals surface area (Å²) in [6.07, 6.45) is -2.76. The van der Waals surface area contributed by atoms with E-state index in [1.54, 1.807) is 6.07 Å². The predicted octanol–water partition coefficient (Wildman–Crippen LogP) is 3.71. The largest absolute Gasteiger partial charge is 0.493 e. The van der Waals surface area contributed by atoms with Crippen molar-refractivity contribution in [1.29, 1.82) is 0 Å². The third-order valence-electron chi connectivity index (χ3n) is 5.37. The number of carbonyl (C=O) groups excluding carboxylic acids is 2. The van der Waals surface area contributed by atoms with Gasteiger partial charge < -0.3 is 10.2 Å². The number of hydrogen-bond donors (Lipinski definition) is 1. The first-order valence-corrected chi connectivity index (χ1v) is 10.1. The molecule has 11 heteroatoms. The Morgan fingerprint density at radius 2 is 1.85 bits per heavy atom. The van der Waals surface area contributed by atoms with E-state index in [1.807, 2.05) is 24.3 Å². The summed E-state index contributed by atoms with van der Waals surface area (Å²) in [6.45, 7) is 0.117. The molecule has 4 aromatic rings. The summed E-state index contributed by atoms with van der Waals surface area (Å²) >= 11 is 0. The number of aromatic nitrogens is 3. The molecule has 0 fully saturated rings. The second-order valence-electron chi connectivity index (χ2n) is 7.53. The van der Waals surface area contributed by atoms with Crippen LogP contribution in [0.1, 0.15) is 16.1 Å². The van der Waals surface area contributed by atoms with E-state index in [0.717, 1.165) is 17.1 Å². The summed E-state index contributed by atoms with van der Waals surface area (Å²) in [5, 5.41) is 3.36. The minimum atomic E-state index is -5.29. The van der Waals surface area contributed by atoms with Crippen molar-refractivity contribution < 1.29 is 32.0 Å². The number of pyridine rings is 2. The van der Waals surface area contributed by atoms with Crippen LogP contribution >= 0.6 is 0 Å². The molecule has 0 bridgehead atoms. The van der Waals surface area contributed by atoms with Gasteiger partial charge in [-0.15, -0.1) is 0 Å². The summed E-state index contributed by atoms with van der Waals surface area (Å²) in [5.74, 6) is -3.94. The molecule has 5 rings (SSSR count). The third-order valence-corrected chi connectivity index (χ3v) is 5.37. The highest BCUT2D eigenvalue weighted by atomic mass is 19.4. The molecule has 34 heavy (non-hydrogen) atoms. The number of fused-ring (bicyclic) bond motifs is 2. The molecule has 3 aromatic heterocycles. The van der Waals surface area contributed by atoms with E-state index in [2.05, 4.69) is 20.1 Å². The van der Waals surface area contributed by atoms with Crippen molar-refractivity contribution >= 4 is 22.8 Å². The minimum Gasteiger partial charge on any atom is -0.352 e. The first-order chi connectivity index (χ1) is 16.2. The summed E-state index contributed by atoms with van der Waals surface area (Å²) < 4.78 is 54.2. The van der Waals surface area contributed by atoms with Crippen molar-refractivity contribution in [3.05, 3.63) is 71.9 Å². The standard InChI is InChI=1S/C23H14F4N4O3/c24-16-11-30-18(13-7-12-3-1-2-4-17(12)29-10-13)8-14(16)20-9-15-19(5-6-28-21(15)32)31(20)34-22(33)23(25,26)27/h1-4,7-11H,5-6H2,(H,28,32). The van der Waals surface area contributed by atoms with Crippen molar-refractivity contribution in [2.24, 2.45) is 0 Å². The molecule has 0 saturated carbocycles. The number of benzene rings is 1. The molecule has 172 valence electrons. The maximum atomic E-state index is 14.9. The van der Waals surface area contributed by atoms with Gasteiger partial charge in [-0.25, -0.2) is 9.18 Å². The highest BCUT2D eigenvalue weighted by Gasteiger charge is 2.43. The molecule has 0 saturated heterocycles. The number of nitrogens with one attached hydrogen (secondary N) is 1. The van der Waals surface area contributed by atoms with Gasteiger partial charge in [-0.1, -0.05) is 18.2 Å². The Morgan fingerprint density at radius 3 is 2.65 bits per heavy atom. The van der Waals surface area contributed by atoms with E-state index >= 15 is 0 Å². The van der Waals surface area contributed by atoms with Gasteiger partial charge in [-0.05, 0) is 24.3 Å². The number of halogens is 4. The number of carbonyl (C=O) groups is 2. The zero-order valence-corrected chi connectivity index (χ0v) is 17.2. The lowest BCUT2D eigenvalue weighted by atomic mass is 10.1. The molecule has 0 atom stereocenters. The molecule has 1 aromatic carbocycles. The van der Waals surface area contributed by atoms with Crippen molar-refractivity contribution in [3.63, 3.8) is 0 Å². The molecule has 0 spiro atoms. The maximum absolute atomic E-state index is 14.9. The van der Waals surface area contributed by atoms with Gasteiger partial charge in [0.25, 0.3) is 5.91 Å². The van der Waals surface area contributed by atoms with E-state index in [4.69, 9.17) is 0 Å². The highest BCUT2D eigenvalue weighted by Crippen LogP contribution is 2.32. The number of amides is 1. The fourth-order valence-electron chi connectivity index (χ4n) is 3.79. The zero-order chi connectivity index (χ0) is 24.0. The molecule has 1 aliphatic rings. The first kappa shape index (κ1) is 21.6. The van der Waals surface area contributed by atoms with Gasteiger partial charge in [0.1, 0.15) is 0 Å². The smallest absolute Gasteiger partial charge is 0.352 e. The van der Waals surface area contributed by atoms with Gasteiger partial charge in [-0.2, -0.15) is 17.9 Å². The molecular formula is C23H14F4N4O3. The molecule has 0 unspecified atom stereocenters. The molecule has 1 amide bonds. The van der Waals surface area contributed by atoms with Crippen LogP contribution in [0.2, 0.25) is 0 Å². The SMILES string of the molecule is O=C1NCCc2c1cc(-c1cc(-c3cnc4ccccc4c3)ncc1F)n2OC(=O)C(F)(F)F. The Morgan fingerprint density at radius 1 is 1.06 bits per heavy atom. The number of nitrogens with zero attached hydrogens (tertiary/aromatic N) is 3. The lowest BCUT2D eigenvalue weighted by Crippen LogP contribution is -2.37. The molecule has 1 aliphatic heterocycles. The molecule has 7 nitrogen and oxygen atoms in total. The lowest BCUT2D eigenvalue weighted by molar-refractivity contribution is -0.199. The van der Waals surface area contributed by atoms with Gasteiger partial charge in [0.05, 0.1) is 34.4 Å². The highest BCUT2D eigenvalue weighted by molar-refractivity contribution is 5.98. The number of alkyl halides is 3. The van der Waals surface area contributed by atoms with Crippen LogP contribution in [0.4, 0.5) is 17.6 Å². The molecular weight excluding hydrogens is 456 g/mol. The Hall–Kier alpha value is -4.28. The first-order valence-electron chi connectivity index (χ1n) is 10.1. The van der Waals surface area contributed by atoms with Crippen molar-refractivity contribution in [3.8, 4) is 22.5 Å². The zero-order valence-electron chi connectivity index (χ0n) is 17.2. The van der Waals surface area contributed by atoms with Crippen LogP contribution in [0, 0.1) is 5.82 Å². The molecule has 1 N–H and O–H groups in total. The summed E-state index contributed by atoms with van der Waals surface area (Å²) in [6, 6.07) is 11.6. The molecule has 0 radical (unpaired) electrons. The van der Waals surface area contributed by atoms with Gasteiger partial charge in [-0.3, -0.25) is 14.8 Å². The van der Waals surface area contributed by atoms with E-state index in [1.165, 1.54) is 18.3 Å². The van der Waals surface area contributed by atoms with Crippen molar-refractivity contribution in [1.82, 2.24) is 20.0 Å².